The van der Waals surface area contributed by atoms with Gasteiger partial charge in [0.25, 0.3) is 0 Å². The molecule has 0 saturated heterocycles. The molecule has 0 bridgehead atoms. The minimum atomic E-state index is 0.177. The zero-order chi connectivity index (χ0) is 20.2. The number of rotatable bonds is 2. The van der Waals surface area contributed by atoms with Gasteiger partial charge in [0, 0.05) is 29.4 Å². The van der Waals surface area contributed by atoms with Gasteiger partial charge >= 0.3 is 0 Å². The molecule has 2 aromatic rings. The molecule has 5 heteroatoms. The molecule has 1 aromatic carbocycles. The van der Waals surface area contributed by atoms with Gasteiger partial charge in [0.15, 0.2) is 0 Å². The quantitative estimate of drug-likeness (QED) is 0.593. The molecule has 0 amide bonds. The number of aromatic hydroxyl groups is 1. The highest BCUT2D eigenvalue weighted by molar-refractivity contribution is 5.93. The number of benzene rings is 1. The third-order valence-corrected chi connectivity index (χ3v) is 8.10. The lowest BCUT2D eigenvalue weighted by Crippen LogP contribution is -2.42. The van der Waals surface area contributed by atoms with Crippen LogP contribution in [0.1, 0.15) is 67.3 Å². The van der Waals surface area contributed by atoms with Crippen molar-refractivity contribution in [2.75, 3.05) is 0 Å². The number of hydrogen-bond acceptors (Lipinski definition) is 4. The predicted octanol–water partition coefficient (Wildman–Crippen LogP) is 4.77. The molecule has 2 saturated carbocycles. The normalized spacial score (nSPS) is 32.4. The first-order chi connectivity index (χ1) is 14.0. The number of fused-ring (bicyclic) bond motifs is 5. The first-order valence-electron chi connectivity index (χ1n) is 10.9. The van der Waals surface area contributed by atoms with E-state index in [2.05, 4.69) is 30.1 Å². The summed E-state index contributed by atoms with van der Waals surface area (Å²) in [6.07, 6.45) is 10.7. The minimum Gasteiger partial charge on any atom is -0.508 e. The fourth-order valence-electron chi connectivity index (χ4n) is 6.32. The second kappa shape index (κ2) is 6.82. The van der Waals surface area contributed by atoms with Crippen molar-refractivity contribution in [2.45, 2.75) is 58.3 Å². The minimum absolute atomic E-state index is 0.177. The highest BCUT2D eigenvalue weighted by atomic mass is 16.3. The molecular weight excluding hydrogens is 360 g/mol. The van der Waals surface area contributed by atoms with Crippen LogP contribution in [0.4, 0.5) is 0 Å². The summed E-state index contributed by atoms with van der Waals surface area (Å²) in [5, 5.41) is 23.3. The predicted molar refractivity (Wildman–Crippen MR) is 116 cm³/mol. The van der Waals surface area contributed by atoms with E-state index in [1.54, 1.807) is 0 Å². The van der Waals surface area contributed by atoms with Crippen LogP contribution in [0.3, 0.4) is 0 Å². The number of nitrogens with zero attached hydrogens (tertiary/aromatic N) is 4. The van der Waals surface area contributed by atoms with Gasteiger partial charge in [-0.3, -0.25) is 4.68 Å². The largest absolute Gasteiger partial charge is 0.508 e. The summed E-state index contributed by atoms with van der Waals surface area (Å²) < 4.78 is 1.86. The lowest BCUT2D eigenvalue weighted by atomic mass is 9.55. The lowest BCUT2D eigenvalue weighted by Gasteiger charge is -2.49. The van der Waals surface area contributed by atoms with Gasteiger partial charge < -0.3 is 5.11 Å². The van der Waals surface area contributed by atoms with E-state index in [9.17, 15) is 5.11 Å². The third-order valence-electron chi connectivity index (χ3n) is 8.10. The van der Waals surface area contributed by atoms with Gasteiger partial charge in [-0.15, -0.1) is 0 Å². The average molecular weight is 391 g/mol. The molecule has 5 rings (SSSR count). The topological polar surface area (TPSA) is 62.8 Å². The van der Waals surface area contributed by atoms with Crippen LogP contribution in [0.2, 0.25) is 0 Å². The maximum absolute atomic E-state index is 9.86. The van der Waals surface area contributed by atoms with E-state index < -0.39 is 0 Å². The molecule has 0 spiro atoms. The molecule has 0 radical (unpaired) electrons. The lowest BCUT2D eigenvalue weighted by molar-refractivity contribution is 0.0955. The zero-order valence-corrected chi connectivity index (χ0v) is 17.6. The molecule has 29 heavy (non-hydrogen) atoms. The van der Waals surface area contributed by atoms with E-state index in [1.165, 1.54) is 42.5 Å². The smallest absolute Gasteiger partial charge is 0.115 e. The maximum Gasteiger partial charge on any atom is 0.115 e. The fraction of sp³-hybridized carbons (Fsp3) is 0.542. The Morgan fingerprint density at radius 3 is 2.90 bits per heavy atom. The molecule has 1 aromatic heterocycles. The highest BCUT2D eigenvalue weighted by Crippen LogP contribution is 2.60. The molecule has 5 nitrogen and oxygen atoms in total. The molecule has 1 N–H and O–H groups in total. The van der Waals surface area contributed by atoms with Gasteiger partial charge in [0.05, 0.1) is 12.4 Å². The molecule has 0 aliphatic heterocycles. The summed E-state index contributed by atoms with van der Waals surface area (Å²) in [4.78, 5) is 0. The van der Waals surface area contributed by atoms with Gasteiger partial charge in [-0.2, -0.15) is 15.3 Å². The Morgan fingerprint density at radius 2 is 2.10 bits per heavy atom. The van der Waals surface area contributed by atoms with Gasteiger partial charge in [-0.25, -0.2) is 0 Å². The monoisotopic (exact) mass is 390 g/mol. The number of aryl methyl sites for hydroxylation is 2. The van der Waals surface area contributed by atoms with Gasteiger partial charge in [0.2, 0.25) is 0 Å². The fourth-order valence-corrected chi connectivity index (χ4v) is 6.32. The second-order valence-electron chi connectivity index (χ2n) is 9.39. The van der Waals surface area contributed by atoms with Gasteiger partial charge in [0.1, 0.15) is 5.75 Å². The van der Waals surface area contributed by atoms with Crippen molar-refractivity contribution in [3.05, 3.63) is 46.8 Å². The molecule has 4 atom stereocenters. The number of aromatic nitrogens is 2. The molecule has 0 unspecified atom stereocenters. The van der Waals surface area contributed by atoms with Crippen molar-refractivity contribution in [3.63, 3.8) is 0 Å². The Balaban J connectivity index is 1.39. The Bertz CT molecular complexity index is 1000. The van der Waals surface area contributed by atoms with Crippen molar-refractivity contribution >= 4 is 11.9 Å². The second-order valence-corrected chi connectivity index (χ2v) is 9.39. The maximum atomic E-state index is 9.86. The molecule has 152 valence electrons. The van der Waals surface area contributed by atoms with Crippen LogP contribution in [0.25, 0.3) is 0 Å². The van der Waals surface area contributed by atoms with Crippen molar-refractivity contribution < 1.29 is 5.11 Å². The highest BCUT2D eigenvalue weighted by Gasteiger charge is 2.53. The zero-order valence-electron chi connectivity index (χ0n) is 17.6. The summed E-state index contributed by atoms with van der Waals surface area (Å²) >= 11 is 0. The van der Waals surface area contributed by atoms with Crippen molar-refractivity contribution in [3.8, 4) is 5.75 Å². The van der Waals surface area contributed by atoms with Crippen LogP contribution in [0, 0.1) is 24.2 Å². The van der Waals surface area contributed by atoms with Crippen LogP contribution < -0.4 is 0 Å². The van der Waals surface area contributed by atoms with E-state index in [0.717, 1.165) is 30.0 Å². The standard InChI is InChI=1S/C24H30N4O/c1-15-17(14-26-28(15)3)13-25-27-23-9-8-22-21-6-4-16-12-18(29)5-7-19(16)20(21)10-11-24(22,23)2/h5,7,12-14,20-22,29H,4,6,8-11H2,1-3H3/b25-13-,27-23-/t20-,21+,22-,24-/m0/s1. The Hall–Kier alpha value is -2.43. The Kier molecular flexibility index (Phi) is 4.37. The number of phenolic OH excluding ortho intramolecular Hbond substituents is 1. The van der Waals surface area contributed by atoms with Crippen LogP contribution in [-0.4, -0.2) is 26.8 Å². The van der Waals surface area contributed by atoms with Crippen LogP contribution in [-0.2, 0) is 13.5 Å². The van der Waals surface area contributed by atoms with E-state index in [4.69, 9.17) is 5.10 Å². The summed E-state index contributed by atoms with van der Waals surface area (Å²) in [7, 11) is 1.95. The first kappa shape index (κ1) is 18.6. The van der Waals surface area contributed by atoms with Crippen molar-refractivity contribution in [1.82, 2.24) is 9.78 Å². The summed E-state index contributed by atoms with van der Waals surface area (Å²) in [5.74, 6) is 2.46. The van der Waals surface area contributed by atoms with E-state index in [0.29, 0.717) is 17.6 Å². The van der Waals surface area contributed by atoms with Crippen LogP contribution >= 0.6 is 0 Å². The average Bonchev–Trinajstić information content (AvgIpc) is 3.21. The van der Waals surface area contributed by atoms with Crippen molar-refractivity contribution in [2.24, 2.45) is 34.5 Å². The van der Waals surface area contributed by atoms with E-state index >= 15 is 0 Å². The van der Waals surface area contributed by atoms with E-state index in [-0.39, 0.29) is 5.41 Å². The van der Waals surface area contributed by atoms with Crippen LogP contribution in [0.5, 0.6) is 5.75 Å². The van der Waals surface area contributed by atoms with Crippen molar-refractivity contribution in [1.29, 1.82) is 0 Å². The molecule has 2 fully saturated rings. The third kappa shape index (κ3) is 2.93. The SMILES string of the molecule is Cc1c(/C=N\N=C2\CC[C@H]3[C@@H]4CCc5cc(O)ccc5[C@@H]4CC[C@]23C)cnn1C. The number of hydrogen-bond donors (Lipinski definition) is 1. The van der Waals surface area contributed by atoms with Gasteiger partial charge in [-0.1, -0.05) is 13.0 Å². The molecule has 1 heterocycles. The molecular formula is C24H30N4O. The summed E-state index contributed by atoms with van der Waals surface area (Å²) in [6.45, 7) is 4.48. The van der Waals surface area contributed by atoms with E-state index in [1.807, 2.05) is 36.3 Å². The first-order valence-corrected chi connectivity index (χ1v) is 10.9. The Labute approximate surface area is 172 Å². The van der Waals surface area contributed by atoms with Gasteiger partial charge in [-0.05, 0) is 86.5 Å². The molecule has 3 aliphatic rings. The van der Waals surface area contributed by atoms with Crippen LogP contribution in [0.15, 0.2) is 34.6 Å². The Morgan fingerprint density at radius 1 is 1.24 bits per heavy atom. The number of phenols is 1. The summed E-state index contributed by atoms with van der Waals surface area (Å²) in [5.41, 5.74) is 6.45. The molecule has 3 aliphatic carbocycles. The summed E-state index contributed by atoms with van der Waals surface area (Å²) in [6, 6.07) is 6.02.